The second kappa shape index (κ2) is 11.3. The number of amides is 1. The number of carboxylic acid groups (broad SMARTS) is 1. The quantitative estimate of drug-likeness (QED) is 0.190. The van der Waals surface area contributed by atoms with Crippen LogP contribution in [0.4, 0.5) is 13.2 Å². The molecule has 4 rings (SSSR count). The average Bonchev–Trinajstić information content (AvgIpc) is 3.43. The van der Waals surface area contributed by atoms with Gasteiger partial charge in [0, 0.05) is 42.6 Å². The highest BCUT2D eigenvalue weighted by Gasteiger charge is 2.35. The van der Waals surface area contributed by atoms with Crippen LogP contribution in [0.5, 0.6) is 0 Å². The van der Waals surface area contributed by atoms with E-state index in [0.29, 0.717) is 46.2 Å². The Morgan fingerprint density at radius 3 is 2.57 bits per heavy atom. The lowest BCUT2D eigenvalue weighted by Crippen LogP contribution is -2.29. The van der Waals surface area contributed by atoms with E-state index in [1.807, 2.05) is 0 Å². The average molecular weight is 548 g/mol. The van der Waals surface area contributed by atoms with Gasteiger partial charge in [0.1, 0.15) is 22.2 Å². The molecule has 37 heavy (non-hydrogen) atoms. The van der Waals surface area contributed by atoms with Gasteiger partial charge < -0.3 is 9.52 Å². The van der Waals surface area contributed by atoms with E-state index in [1.165, 1.54) is 54.0 Å². The lowest BCUT2D eigenvalue weighted by molar-refractivity contribution is -0.138. The van der Waals surface area contributed by atoms with E-state index in [4.69, 9.17) is 21.7 Å². The number of carbonyl (C=O) groups is 2. The summed E-state index contributed by atoms with van der Waals surface area (Å²) in [5.74, 6) is -0.971. The van der Waals surface area contributed by atoms with Crippen LogP contribution in [0.1, 0.15) is 37.0 Å². The number of thiocarbonyl (C=S) groups is 1. The van der Waals surface area contributed by atoms with Crippen LogP contribution >= 0.6 is 24.0 Å². The van der Waals surface area contributed by atoms with Crippen LogP contribution in [0.2, 0.25) is 0 Å². The monoisotopic (exact) mass is 547 g/mol. The first kappa shape index (κ1) is 26.6. The number of halogens is 3. The molecule has 0 saturated carbocycles. The van der Waals surface area contributed by atoms with Crippen LogP contribution in [-0.4, -0.2) is 42.7 Å². The van der Waals surface area contributed by atoms with Gasteiger partial charge in [0.25, 0.3) is 5.91 Å². The molecule has 1 aliphatic rings. The number of furan rings is 1. The molecule has 3 aromatic rings. The minimum Gasteiger partial charge on any atom is -0.481 e. The number of carboxylic acids is 1. The Balaban J connectivity index is 1.52. The number of rotatable bonds is 9. The van der Waals surface area contributed by atoms with Crippen LogP contribution in [0.25, 0.3) is 28.5 Å². The van der Waals surface area contributed by atoms with Crippen molar-refractivity contribution in [2.45, 2.75) is 31.9 Å². The Morgan fingerprint density at radius 2 is 1.86 bits per heavy atom. The third kappa shape index (κ3) is 6.44. The predicted octanol–water partition coefficient (Wildman–Crippen LogP) is 6.27. The molecule has 1 saturated heterocycles. The summed E-state index contributed by atoms with van der Waals surface area (Å²) in [6.07, 6.45) is 2.79. The van der Waals surface area contributed by atoms with E-state index in [1.54, 1.807) is 0 Å². The van der Waals surface area contributed by atoms with Gasteiger partial charge in [-0.2, -0.15) is 13.2 Å². The summed E-state index contributed by atoms with van der Waals surface area (Å²) < 4.78 is 47.8. The lowest BCUT2D eigenvalue weighted by Gasteiger charge is -2.13. The molecular formula is C25H20F3N3O4S2. The second-order valence-electron chi connectivity index (χ2n) is 8.13. The Bertz CT molecular complexity index is 1360. The SMILES string of the molecule is O=C(O)CCCCCN1C(=O)C(=Cc2ccc(-c3ccc(-c4cncnc4)cc3C(F)(F)F)o2)SC1=S. The van der Waals surface area contributed by atoms with Gasteiger partial charge in [0.15, 0.2) is 0 Å². The first-order valence-corrected chi connectivity index (χ1v) is 12.4. The number of carbonyl (C=O) groups excluding carboxylic acids is 1. The zero-order valence-corrected chi connectivity index (χ0v) is 20.8. The van der Waals surface area contributed by atoms with Gasteiger partial charge in [0.05, 0.1) is 10.5 Å². The number of benzene rings is 1. The zero-order valence-electron chi connectivity index (χ0n) is 19.2. The van der Waals surface area contributed by atoms with Crippen LogP contribution in [-0.2, 0) is 15.8 Å². The molecule has 1 aliphatic heterocycles. The molecule has 0 spiro atoms. The molecule has 0 unspecified atom stereocenters. The van der Waals surface area contributed by atoms with Gasteiger partial charge in [-0.05, 0) is 36.6 Å². The fraction of sp³-hybridized carbons (Fsp3) is 0.240. The first-order valence-electron chi connectivity index (χ1n) is 11.2. The molecule has 7 nitrogen and oxygen atoms in total. The molecule has 0 aliphatic carbocycles. The minimum atomic E-state index is -4.64. The fourth-order valence-electron chi connectivity index (χ4n) is 3.74. The van der Waals surface area contributed by atoms with E-state index < -0.39 is 17.7 Å². The number of aliphatic carboxylic acids is 1. The predicted molar refractivity (Wildman–Crippen MR) is 136 cm³/mol. The maximum atomic E-state index is 13.9. The Hall–Kier alpha value is -3.51. The van der Waals surface area contributed by atoms with Gasteiger partial charge in [-0.3, -0.25) is 14.5 Å². The number of nitrogens with zero attached hydrogens (tertiary/aromatic N) is 3. The Morgan fingerprint density at radius 1 is 1.11 bits per heavy atom. The molecule has 0 radical (unpaired) electrons. The van der Waals surface area contributed by atoms with E-state index in [2.05, 4.69) is 9.97 Å². The number of hydrogen-bond donors (Lipinski definition) is 1. The second-order valence-corrected chi connectivity index (χ2v) is 9.80. The minimum absolute atomic E-state index is 0.00310. The lowest BCUT2D eigenvalue weighted by atomic mass is 9.99. The number of unbranched alkanes of at least 4 members (excludes halogenated alkanes) is 2. The van der Waals surface area contributed by atoms with E-state index in [9.17, 15) is 22.8 Å². The zero-order chi connectivity index (χ0) is 26.6. The van der Waals surface area contributed by atoms with Crippen LogP contribution in [0, 0.1) is 0 Å². The van der Waals surface area contributed by atoms with Crippen molar-refractivity contribution in [1.82, 2.24) is 14.9 Å². The molecule has 2 aromatic heterocycles. The topological polar surface area (TPSA) is 96.5 Å². The maximum absolute atomic E-state index is 13.9. The normalized spacial score (nSPS) is 15.1. The smallest absolute Gasteiger partial charge is 0.417 e. The first-order chi connectivity index (χ1) is 17.6. The molecule has 0 bridgehead atoms. The Kier molecular flexibility index (Phi) is 8.08. The summed E-state index contributed by atoms with van der Waals surface area (Å²) in [5, 5.41) is 8.71. The summed E-state index contributed by atoms with van der Waals surface area (Å²) in [5.41, 5.74) is -0.246. The highest BCUT2D eigenvalue weighted by atomic mass is 32.2. The summed E-state index contributed by atoms with van der Waals surface area (Å²) in [7, 11) is 0. The fourth-order valence-corrected chi connectivity index (χ4v) is 5.03. The van der Waals surface area contributed by atoms with Crippen molar-refractivity contribution in [3.05, 3.63) is 65.3 Å². The number of thioether (sulfide) groups is 1. The molecule has 1 aromatic carbocycles. The van der Waals surface area contributed by atoms with Crippen molar-refractivity contribution in [1.29, 1.82) is 0 Å². The third-order valence-corrected chi connectivity index (χ3v) is 6.91. The van der Waals surface area contributed by atoms with Crippen molar-refractivity contribution >= 4 is 46.3 Å². The molecule has 12 heteroatoms. The van der Waals surface area contributed by atoms with Crippen molar-refractivity contribution in [3.8, 4) is 22.5 Å². The maximum Gasteiger partial charge on any atom is 0.417 e. The van der Waals surface area contributed by atoms with Gasteiger partial charge >= 0.3 is 12.1 Å². The van der Waals surface area contributed by atoms with Crippen LogP contribution < -0.4 is 0 Å². The standard InChI is InChI=1S/C25H20F3N3O4S2/c26-25(27,28)19-10-15(16-12-29-14-30-13-16)5-7-18(19)20-8-6-17(35-20)11-21-23(34)31(24(36)37-21)9-3-1-2-4-22(32)33/h5-8,10-14H,1-4,9H2,(H,32,33). The van der Waals surface area contributed by atoms with Gasteiger partial charge in [0.2, 0.25) is 0 Å². The summed E-state index contributed by atoms with van der Waals surface area (Å²) in [6.45, 7) is 0.360. The van der Waals surface area contributed by atoms with Crippen molar-refractivity contribution < 1.29 is 32.3 Å². The van der Waals surface area contributed by atoms with Gasteiger partial charge in [-0.15, -0.1) is 0 Å². The molecular weight excluding hydrogens is 527 g/mol. The molecule has 1 amide bonds. The summed E-state index contributed by atoms with van der Waals surface area (Å²) in [4.78, 5) is 32.8. The summed E-state index contributed by atoms with van der Waals surface area (Å²) in [6, 6.07) is 6.81. The van der Waals surface area contributed by atoms with E-state index >= 15 is 0 Å². The van der Waals surface area contributed by atoms with Crippen LogP contribution in [0.3, 0.4) is 0 Å². The molecule has 1 fully saturated rings. The Labute approximate surface area is 219 Å². The number of aromatic nitrogens is 2. The van der Waals surface area contributed by atoms with Crippen molar-refractivity contribution in [3.63, 3.8) is 0 Å². The molecule has 0 atom stereocenters. The van der Waals surface area contributed by atoms with Crippen LogP contribution in [0.15, 0.2) is 58.4 Å². The van der Waals surface area contributed by atoms with E-state index in [0.717, 1.165) is 17.8 Å². The van der Waals surface area contributed by atoms with Gasteiger partial charge in [-0.1, -0.05) is 42.5 Å². The number of hydrogen-bond acceptors (Lipinski definition) is 7. The van der Waals surface area contributed by atoms with Crippen molar-refractivity contribution in [2.24, 2.45) is 0 Å². The molecule has 1 N–H and O–H groups in total. The largest absolute Gasteiger partial charge is 0.481 e. The highest BCUT2D eigenvalue weighted by Crippen LogP contribution is 2.40. The number of alkyl halides is 3. The van der Waals surface area contributed by atoms with Crippen molar-refractivity contribution in [2.75, 3.05) is 6.54 Å². The van der Waals surface area contributed by atoms with E-state index in [-0.39, 0.29) is 29.4 Å². The third-order valence-electron chi connectivity index (χ3n) is 5.53. The molecule has 192 valence electrons. The highest BCUT2D eigenvalue weighted by molar-refractivity contribution is 8.26. The van der Waals surface area contributed by atoms with Gasteiger partial charge in [-0.25, -0.2) is 9.97 Å². The summed E-state index contributed by atoms with van der Waals surface area (Å²) >= 11 is 6.37. The molecule has 3 heterocycles.